The zero-order chi connectivity index (χ0) is 22.0. The summed E-state index contributed by atoms with van der Waals surface area (Å²) >= 11 is 1.32. The molecule has 3 heterocycles. The van der Waals surface area contributed by atoms with Gasteiger partial charge in [-0.05, 0) is 38.0 Å². The predicted octanol–water partition coefficient (Wildman–Crippen LogP) is 3.71. The van der Waals surface area contributed by atoms with Crippen LogP contribution in [0.1, 0.15) is 30.5 Å². The fourth-order valence-electron chi connectivity index (χ4n) is 3.61. The Morgan fingerprint density at radius 1 is 1.32 bits per heavy atom. The molecule has 8 nitrogen and oxygen atoms in total. The molecule has 1 fully saturated rings. The van der Waals surface area contributed by atoms with Crippen molar-refractivity contribution in [2.75, 3.05) is 18.4 Å². The number of nitrogens with zero attached hydrogens (tertiary/aromatic N) is 3. The van der Waals surface area contributed by atoms with Crippen LogP contribution in [0.4, 0.5) is 5.69 Å². The summed E-state index contributed by atoms with van der Waals surface area (Å²) in [6.45, 7) is 4.23. The lowest BCUT2D eigenvalue weighted by molar-refractivity contribution is -0.120. The number of anilines is 1. The van der Waals surface area contributed by atoms with Crippen molar-refractivity contribution < 1.29 is 17.7 Å². The van der Waals surface area contributed by atoms with Gasteiger partial charge >= 0.3 is 0 Å². The van der Waals surface area contributed by atoms with Gasteiger partial charge in [0.25, 0.3) is 0 Å². The van der Waals surface area contributed by atoms with Gasteiger partial charge in [-0.2, -0.15) is 9.29 Å². The Labute approximate surface area is 185 Å². The van der Waals surface area contributed by atoms with Crippen LogP contribution in [0.2, 0.25) is 0 Å². The number of para-hydroxylation sites is 1. The zero-order valence-electron chi connectivity index (χ0n) is 17.4. The molecule has 1 amide bonds. The van der Waals surface area contributed by atoms with Gasteiger partial charge in [-0.25, -0.2) is 8.42 Å². The van der Waals surface area contributed by atoms with E-state index in [9.17, 15) is 13.2 Å². The van der Waals surface area contributed by atoms with Crippen LogP contribution in [-0.4, -0.2) is 41.9 Å². The number of aromatic nitrogens is 2. The highest BCUT2D eigenvalue weighted by Crippen LogP contribution is 2.35. The lowest BCUT2D eigenvalue weighted by Gasteiger charge is -2.31. The van der Waals surface area contributed by atoms with Gasteiger partial charge in [-0.15, -0.1) is 11.3 Å². The Hall–Kier alpha value is -2.56. The third-order valence-electron chi connectivity index (χ3n) is 5.28. The largest absolute Gasteiger partial charge is 0.339 e. The summed E-state index contributed by atoms with van der Waals surface area (Å²) in [5, 5.41) is 6.83. The summed E-state index contributed by atoms with van der Waals surface area (Å²) in [7, 11) is -3.74. The van der Waals surface area contributed by atoms with Crippen LogP contribution in [-0.2, 0) is 21.2 Å². The van der Waals surface area contributed by atoms with E-state index in [-0.39, 0.29) is 17.3 Å². The van der Waals surface area contributed by atoms with Crippen molar-refractivity contribution in [1.29, 1.82) is 0 Å². The van der Waals surface area contributed by atoms with Gasteiger partial charge < -0.3 is 9.84 Å². The fraction of sp³-hybridized carbons (Fsp3) is 0.381. The molecule has 0 bridgehead atoms. The number of benzene rings is 1. The van der Waals surface area contributed by atoms with E-state index in [1.807, 2.05) is 37.3 Å². The number of hydrogen-bond acceptors (Lipinski definition) is 7. The van der Waals surface area contributed by atoms with Gasteiger partial charge in [0.05, 0.1) is 15.7 Å². The third-order valence-corrected chi connectivity index (χ3v) is 8.44. The number of rotatable bonds is 6. The highest BCUT2D eigenvalue weighted by atomic mass is 32.2. The van der Waals surface area contributed by atoms with Crippen molar-refractivity contribution in [3.05, 3.63) is 47.2 Å². The van der Waals surface area contributed by atoms with Crippen molar-refractivity contribution >= 4 is 33.0 Å². The first-order valence-corrected chi connectivity index (χ1v) is 12.4. The van der Waals surface area contributed by atoms with Crippen LogP contribution in [0, 0.1) is 12.8 Å². The Morgan fingerprint density at radius 2 is 2.10 bits per heavy atom. The maximum absolute atomic E-state index is 13.4. The average Bonchev–Trinajstić information content (AvgIpc) is 3.41. The maximum Gasteiger partial charge on any atom is 0.244 e. The molecular formula is C21H24N4O4S2. The minimum Gasteiger partial charge on any atom is -0.339 e. The van der Waals surface area contributed by atoms with E-state index >= 15 is 0 Å². The Balaban J connectivity index is 1.52. The van der Waals surface area contributed by atoms with Gasteiger partial charge in [0.2, 0.25) is 27.6 Å². The molecule has 1 saturated heterocycles. The van der Waals surface area contributed by atoms with E-state index in [1.165, 1.54) is 15.6 Å². The van der Waals surface area contributed by atoms with Gasteiger partial charge in [0.15, 0.2) is 0 Å². The van der Waals surface area contributed by atoms with E-state index in [4.69, 9.17) is 4.52 Å². The Morgan fingerprint density at radius 3 is 2.81 bits per heavy atom. The summed E-state index contributed by atoms with van der Waals surface area (Å²) in [6.07, 6.45) is 1.90. The molecule has 0 saturated carbocycles. The number of nitrogens with one attached hydrogen (secondary N) is 1. The molecule has 0 aliphatic carbocycles. The van der Waals surface area contributed by atoms with Crippen molar-refractivity contribution in [3.63, 3.8) is 0 Å². The lowest BCUT2D eigenvalue weighted by Crippen LogP contribution is -2.43. The summed E-state index contributed by atoms with van der Waals surface area (Å²) in [6, 6.07) is 10.8. The maximum atomic E-state index is 13.4. The van der Waals surface area contributed by atoms with Crippen LogP contribution in [0.3, 0.4) is 0 Å². The monoisotopic (exact) mass is 460 g/mol. The molecule has 0 spiro atoms. The van der Waals surface area contributed by atoms with Gasteiger partial charge in [-0.1, -0.05) is 30.3 Å². The summed E-state index contributed by atoms with van der Waals surface area (Å²) in [4.78, 5) is 18.5. The molecule has 1 aliphatic heterocycles. The molecule has 1 N–H and O–H groups in total. The van der Waals surface area contributed by atoms with Crippen LogP contribution in [0.15, 0.2) is 45.8 Å². The Bertz CT molecular complexity index is 1170. The van der Waals surface area contributed by atoms with Gasteiger partial charge in [-0.3, -0.25) is 4.79 Å². The molecule has 164 valence electrons. The number of sulfonamides is 1. The average molecular weight is 461 g/mol. The predicted molar refractivity (Wildman–Crippen MR) is 118 cm³/mol. The second-order valence-electron chi connectivity index (χ2n) is 7.45. The first-order valence-electron chi connectivity index (χ1n) is 10.2. The molecular weight excluding hydrogens is 436 g/mol. The van der Waals surface area contributed by atoms with Gasteiger partial charge in [0.1, 0.15) is 0 Å². The SMILES string of the molecule is CCc1nc(-c2cc(S(=O)(=O)N3CCC[C@@H](C(=O)Nc4ccccc4)C3)c(C)s2)no1. The quantitative estimate of drug-likeness (QED) is 0.601. The molecule has 10 heteroatoms. The molecule has 3 aromatic rings. The molecule has 2 aromatic heterocycles. The molecule has 0 radical (unpaired) electrons. The van der Waals surface area contributed by atoms with E-state index in [0.717, 1.165) is 0 Å². The highest BCUT2D eigenvalue weighted by molar-refractivity contribution is 7.89. The van der Waals surface area contributed by atoms with Crippen LogP contribution >= 0.6 is 11.3 Å². The van der Waals surface area contributed by atoms with Gasteiger partial charge in [0, 0.05) is 30.1 Å². The van der Waals surface area contributed by atoms with Crippen molar-refractivity contribution in [1.82, 2.24) is 14.4 Å². The van der Waals surface area contributed by atoms with E-state index in [1.54, 1.807) is 13.0 Å². The van der Waals surface area contributed by atoms with Crippen molar-refractivity contribution in [2.45, 2.75) is 38.0 Å². The van der Waals surface area contributed by atoms with E-state index < -0.39 is 15.9 Å². The first kappa shape index (κ1) is 21.7. The van der Waals surface area contributed by atoms with Crippen molar-refractivity contribution in [3.8, 4) is 10.7 Å². The molecule has 31 heavy (non-hydrogen) atoms. The highest BCUT2D eigenvalue weighted by Gasteiger charge is 2.35. The first-order chi connectivity index (χ1) is 14.9. The second kappa shape index (κ2) is 8.89. The molecule has 0 unspecified atom stereocenters. The summed E-state index contributed by atoms with van der Waals surface area (Å²) < 4.78 is 33.3. The number of aryl methyl sites for hydroxylation is 2. The number of amides is 1. The fourth-order valence-corrected chi connectivity index (χ4v) is 6.62. The lowest BCUT2D eigenvalue weighted by atomic mass is 9.99. The standard InChI is InChI=1S/C21H24N4O4S2/c1-3-19-23-20(24-29-19)17-12-18(14(2)30-17)31(27,28)25-11-7-8-15(13-25)21(26)22-16-9-5-4-6-10-16/h4-6,9-10,12,15H,3,7-8,11,13H2,1-2H3,(H,22,26)/t15-/m1/s1. The zero-order valence-corrected chi connectivity index (χ0v) is 19.0. The number of hydrogen-bond donors (Lipinski definition) is 1. The minimum absolute atomic E-state index is 0.160. The molecule has 1 atom stereocenters. The van der Waals surface area contributed by atoms with Crippen LogP contribution in [0.5, 0.6) is 0 Å². The van der Waals surface area contributed by atoms with Crippen LogP contribution in [0.25, 0.3) is 10.7 Å². The normalized spacial score (nSPS) is 17.5. The molecule has 1 aromatic carbocycles. The topological polar surface area (TPSA) is 105 Å². The number of thiophene rings is 1. The molecule has 1 aliphatic rings. The summed E-state index contributed by atoms with van der Waals surface area (Å²) in [5.41, 5.74) is 0.706. The van der Waals surface area contributed by atoms with Crippen molar-refractivity contribution in [2.24, 2.45) is 5.92 Å². The Kier molecular flexibility index (Phi) is 6.22. The minimum atomic E-state index is -3.74. The number of carbonyl (C=O) groups is 1. The van der Waals surface area contributed by atoms with E-state index in [0.29, 0.717) is 53.0 Å². The smallest absolute Gasteiger partial charge is 0.244 e. The third kappa shape index (κ3) is 4.56. The van der Waals surface area contributed by atoms with E-state index in [2.05, 4.69) is 15.5 Å². The number of piperidine rings is 1. The second-order valence-corrected chi connectivity index (χ2v) is 10.6. The molecule has 4 rings (SSSR count). The van der Waals surface area contributed by atoms with Crippen LogP contribution < -0.4 is 5.32 Å². The number of carbonyl (C=O) groups excluding carboxylic acids is 1. The summed E-state index contributed by atoms with van der Waals surface area (Å²) in [5.74, 6) is 0.345.